The molecule has 88 valence electrons. The monoisotopic (exact) mass is 228 g/mol. The number of esters is 2. The molecule has 0 spiro atoms. The van der Waals surface area contributed by atoms with Gasteiger partial charge in [0.1, 0.15) is 11.1 Å². The first kappa shape index (κ1) is 11.1. The van der Waals surface area contributed by atoms with E-state index in [0.29, 0.717) is 6.42 Å². The Morgan fingerprint density at radius 1 is 1.25 bits per heavy atom. The molecule has 3 aliphatic heterocycles. The molecule has 0 radical (unpaired) electrons. The van der Waals surface area contributed by atoms with E-state index in [4.69, 9.17) is 9.47 Å². The molecule has 3 aliphatic rings. The second-order valence-electron chi connectivity index (χ2n) is 3.45. The summed E-state index contributed by atoms with van der Waals surface area (Å²) in [5.41, 5.74) is 0.227. The van der Waals surface area contributed by atoms with E-state index < -0.39 is 24.0 Å². The fraction of sp³-hybridized carbons (Fsp3) is 0.600. The average molecular weight is 228 g/mol. The summed E-state index contributed by atoms with van der Waals surface area (Å²) in [7, 11) is 2.47. The second-order valence-corrected chi connectivity index (χ2v) is 3.45. The second kappa shape index (κ2) is 3.57. The molecule has 0 unspecified atom stereocenters. The van der Waals surface area contributed by atoms with Gasteiger partial charge < -0.3 is 18.9 Å². The van der Waals surface area contributed by atoms with Crippen LogP contribution in [0.5, 0.6) is 0 Å². The molecule has 0 amide bonds. The Hall–Kier alpha value is -1.40. The summed E-state index contributed by atoms with van der Waals surface area (Å²) < 4.78 is 19.9. The highest BCUT2D eigenvalue weighted by Crippen LogP contribution is 2.51. The molecule has 3 heterocycles. The Morgan fingerprint density at radius 2 is 1.81 bits per heavy atom. The standard InChI is InChI=1S/C10H12O6/c1-4-10-6(8(12)14-3)5(7(11)13-2)9(15-10)16-10/h9H,4H2,1-3H3. The molecule has 0 aromatic heterocycles. The van der Waals surface area contributed by atoms with Crippen LogP contribution in [-0.4, -0.2) is 38.2 Å². The van der Waals surface area contributed by atoms with Crippen molar-refractivity contribution >= 4 is 11.9 Å². The van der Waals surface area contributed by atoms with Crippen LogP contribution in [0.1, 0.15) is 13.3 Å². The molecule has 0 saturated carbocycles. The number of ether oxygens (including phenoxy) is 4. The zero-order chi connectivity index (χ0) is 11.9. The molecule has 0 aliphatic carbocycles. The fourth-order valence-electron chi connectivity index (χ4n) is 1.93. The normalized spacial score (nSPS) is 31.1. The average Bonchev–Trinajstić information content (AvgIpc) is 2.76. The van der Waals surface area contributed by atoms with E-state index in [2.05, 4.69) is 9.47 Å². The van der Waals surface area contributed by atoms with Gasteiger partial charge in [-0.3, -0.25) is 0 Å². The van der Waals surface area contributed by atoms with Gasteiger partial charge in [0.2, 0.25) is 5.79 Å². The van der Waals surface area contributed by atoms with E-state index in [1.807, 2.05) is 0 Å². The van der Waals surface area contributed by atoms with Crippen molar-refractivity contribution in [2.75, 3.05) is 14.2 Å². The van der Waals surface area contributed by atoms with Gasteiger partial charge in [-0.25, -0.2) is 9.59 Å². The van der Waals surface area contributed by atoms with E-state index in [0.717, 1.165) is 0 Å². The van der Waals surface area contributed by atoms with Gasteiger partial charge in [0.05, 0.1) is 14.2 Å². The summed E-state index contributed by atoms with van der Waals surface area (Å²) in [5.74, 6) is -2.37. The van der Waals surface area contributed by atoms with Gasteiger partial charge in [0, 0.05) is 6.42 Å². The Labute approximate surface area is 92.1 Å². The van der Waals surface area contributed by atoms with Crippen LogP contribution in [0, 0.1) is 0 Å². The van der Waals surface area contributed by atoms with Crippen LogP contribution in [0.3, 0.4) is 0 Å². The van der Waals surface area contributed by atoms with Crippen molar-refractivity contribution in [3.63, 3.8) is 0 Å². The molecule has 6 nitrogen and oxygen atoms in total. The van der Waals surface area contributed by atoms with Crippen LogP contribution in [0.2, 0.25) is 0 Å². The lowest BCUT2D eigenvalue weighted by atomic mass is 10.0. The van der Waals surface area contributed by atoms with Crippen LogP contribution >= 0.6 is 0 Å². The topological polar surface area (TPSA) is 71.1 Å². The molecule has 6 heteroatoms. The Balaban J connectivity index is 2.44. The first-order valence-corrected chi connectivity index (χ1v) is 4.86. The maximum atomic E-state index is 11.6. The van der Waals surface area contributed by atoms with Gasteiger partial charge in [0.25, 0.3) is 0 Å². The van der Waals surface area contributed by atoms with E-state index >= 15 is 0 Å². The zero-order valence-corrected chi connectivity index (χ0v) is 9.23. The maximum absolute atomic E-state index is 11.6. The molecule has 0 aromatic carbocycles. The number of hydrogen-bond donors (Lipinski definition) is 0. The zero-order valence-electron chi connectivity index (χ0n) is 9.23. The van der Waals surface area contributed by atoms with E-state index in [1.165, 1.54) is 14.2 Å². The number of carbonyl (C=O) groups excluding carboxylic acids is 2. The van der Waals surface area contributed by atoms with Crippen molar-refractivity contribution < 1.29 is 28.5 Å². The molecule has 0 aromatic rings. The Bertz CT molecular complexity index is 377. The smallest absolute Gasteiger partial charge is 0.339 e. The predicted octanol–water partition coefficient (Wildman–Crippen LogP) is 0.122. The van der Waals surface area contributed by atoms with Crippen LogP contribution in [0.4, 0.5) is 0 Å². The van der Waals surface area contributed by atoms with E-state index in [-0.39, 0.29) is 11.1 Å². The van der Waals surface area contributed by atoms with Crippen LogP contribution in [0.25, 0.3) is 0 Å². The summed E-state index contributed by atoms with van der Waals surface area (Å²) >= 11 is 0. The summed E-state index contributed by atoms with van der Waals surface area (Å²) in [5, 5.41) is 0. The van der Waals surface area contributed by atoms with Gasteiger partial charge in [-0.2, -0.15) is 0 Å². The largest absolute Gasteiger partial charge is 0.466 e. The highest BCUT2D eigenvalue weighted by molar-refractivity contribution is 6.04. The van der Waals surface area contributed by atoms with Gasteiger partial charge in [-0.05, 0) is 0 Å². The number of methoxy groups -OCH3 is 2. The molecule has 16 heavy (non-hydrogen) atoms. The number of rotatable bonds is 3. The van der Waals surface area contributed by atoms with Crippen molar-refractivity contribution in [3.05, 3.63) is 11.1 Å². The first-order chi connectivity index (χ1) is 7.59. The Morgan fingerprint density at radius 3 is 2.25 bits per heavy atom. The van der Waals surface area contributed by atoms with Crippen LogP contribution in [0.15, 0.2) is 11.1 Å². The fourth-order valence-corrected chi connectivity index (χ4v) is 1.93. The predicted molar refractivity (Wildman–Crippen MR) is 50.0 cm³/mol. The lowest BCUT2D eigenvalue weighted by molar-refractivity contribution is -0.400. The summed E-state index contributed by atoms with van der Waals surface area (Å²) in [6.45, 7) is 1.79. The lowest BCUT2D eigenvalue weighted by Gasteiger charge is -2.39. The SMILES string of the molecule is CCC12OC(O1)C(C(=O)OC)=C2C(=O)OC. The minimum atomic E-state index is -1.12. The van der Waals surface area contributed by atoms with Crippen molar-refractivity contribution in [1.82, 2.24) is 0 Å². The minimum Gasteiger partial charge on any atom is -0.466 e. The molecule has 1 saturated heterocycles. The van der Waals surface area contributed by atoms with Gasteiger partial charge in [-0.1, -0.05) is 6.92 Å². The molecule has 0 atom stereocenters. The van der Waals surface area contributed by atoms with E-state index in [1.54, 1.807) is 6.92 Å². The summed E-state index contributed by atoms with van der Waals surface area (Å²) in [6, 6.07) is 0. The lowest BCUT2D eigenvalue weighted by Crippen LogP contribution is -2.49. The highest BCUT2D eigenvalue weighted by Gasteiger charge is 2.63. The highest BCUT2D eigenvalue weighted by atomic mass is 16.9. The third kappa shape index (κ3) is 1.20. The third-order valence-electron chi connectivity index (χ3n) is 2.74. The molecule has 0 N–H and O–H groups in total. The van der Waals surface area contributed by atoms with Crippen molar-refractivity contribution in [3.8, 4) is 0 Å². The van der Waals surface area contributed by atoms with Crippen molar-refractivity contribution in [2.24, 2.45) is 0 Å². The van der Waals surface area contributed by atoms with Crippen LogP contribution in [-0.2, 0) is 28.5 Å². The third-order valence-corrected chi connectivity index (χ3v) is 2.74. The molecular weight excluding hydrogens is 216 g/mol. The van der Waals surface area contributed by atoms with Crippen molar-refractivity contribution in [2.45, 2.75) is 25.4 Å². The first-order valence-electron chi connectivity index (χ1n) is 4.86. The Kier molecular flexibility index (Phi) is 2.47. The van der Waals surface area contributed by atoms with Gasteiger partial charge in [0.15, 0.2) is 6.29 Å². The van der Waals surface area contributed by atoms with E-state index in [9.17, 15) is 9.59 Å². The maximum Gasteiger partial charge on any atom is 0.339 e. The molecular formula is C10H12O6. The van der Waals surface area contributed by atoms with Crippen molar-refractivity contribution in [1.29, 1.82) is 0 Å². The minimum absolute atomic E-state index is 0.108. The summed E-state index contributed by atoms with van der Waals surface area (Å²) in [4.78, 5) is 23.1. The quantitative estimate of drug-likeness (QED) is 0.639. The van der Waals surface area contributed by atoms with Crippen LogP contribution < -0.4 is 0 Å². The number of hydrogen-bond acceptors (Lipinski definition) is 6. The molecule has 1 fully saturated rings. The molecule has 3 rings (SSSR count). The summed E-state index contributed by atoms with van der Waals surface area (Å²) in [6.07, 6.45) is -0.379. The number of carbonyl (C=O) groups is 2. The van der Waals surface area contributed by atoms with Gasteiger partial charge in [-0.15, -0.1) is 0 Å². The molecule has 2 bridgehead atoms. The van der Waals surface area contributed by atoms with Gasteiger partial charge >= 0.3 is 11.9 Å².